The topological polar surface area (TPSA) is 65.2 Å². The number of hydrogen-bond donors (Lipinski definition) is 0. The van der Waals surface area contributed by atoms with E-state index in [1.165, 1.54) is 0 Å². The van der Waals surface area contributed by atoms with Crippen LogP contribution in [-0.4, -0.2) is 46.5 Å². The van der Waals surface area contributed by atoms with Crippen LogP contribution in [0.25, 0.3) is 0 Å². The molecule has 124 valence electrons. The minimum atomic E-state index is 0.139. The number of likely N-dealkylation sites (tertiary alicyclic amines) is 1. The highest BCUT2D eigenvalue weighted by Crippen LogP contribution is 2.23. The second-order valence-electron chi connectivity index (χ2n) is 6.23. The van der Waals surface area contributed by atoms with Gasteiger partial charge in [-0.3, -0.25) is 4.79 Å². The van der Waals surface area contributed by atoms with E-state index in [4.69, 9.17) is 5.26 Å². The van der Waals surface area contributed by atoms with Gasteiger partial charge in [0.25, 0.3) is 0 Å². The summed E-state index contributed by atoms with van der Waals surface area (Å²) >= 11 is 0. The number of carbonyl (C=O) groups is 1. The standard InChI is InChI=1S/C18H21N5O/c1-21-13-20-11-17(21)9-18(24)23-7-6-16(12-23)22(2)15-5-3-4-14(8-15)10-19/h3-5,8,11,13,16H,6-7,9,12H2,1-2H3. The van der Waals surface area contributed by atoms with Gasteiger partial charge in [-0.15, -0.1) is 0 Å². The Bertz CT molecular complexity index is 776. The van der Waals surface area contributed by atoms with Gasteiger partial charge in [0.1, 0.15) is 0 Å². The van der Waals surface area contributed by atoms with E-state index in [2.05, 4.69) is 16.0 Å². The zero-order valence-corrected chi connectivity index (χ0v) is 14.0. The highest BCUT2D eigenvalue weighted by atomic mass is 16.2. The number of amides is 1. The first-order chi connectivity index (χ1) is 11.6. The predicted octanol–water partition coefficient (Wildman–Crippen LogP) is 1.57. The molecule has 1 aromatic carbocycles. The number of carbonyl (C=O) groups excluding carboxylic acids is 1. The lowest BCUT2D eigenvalue weighted by Crippen LogP contribution is -2.37. The molecule has 24 heavy (non-hydrogen) atoms. The number of aryl methyl sites for hydroxylation is 1. The first-order valence-electron chi connectivity index (χ1n) is 8.04. The molecule has 1 saturated heterocycles. The lowest BCUT2D eigenvalue weighted by atomic mass is 10.1. The van der Waals surface area contributed by atoms with E-state index in [1.54, 1.807) is 18.6 Å². The third kappa shape index (κ3) is 3.25. The summed E-state index contributed by atoms with van der Waals surface area (Å²) in [7, 11) is 3.93. The molecule has 2 heterocycles. The molecule has 1 unspecified atom stereocenters. The molecule has 2 aromatic rings. The monoisotopic (exact) mass is 323 g/mol. The predicted molar refractivity (Wildman–Crippen MR) is 91.5 cm³/mol. The van der Waals surface area contributed by atoms with Crippen LogP contribution in [0.4, 0.5) is 5.69 Å². The molecule has 1 aliphatic rings. The summed E-state index contributed by atoms with van der Waals surface area (Å²) in [6.07, 6.45) is 4.78. The average Bonchev–Trinajstić information content (AvgIpc) is 3.24. The molecular weight excluding hydrogens is 302 g/mol. The second kappa shape index (κ2) is 6.75. The van der Waals surface area contributed by atoms with Crippen LogP contribution in [-0.2, 0) is 18.3 Å². The molecule has 0 saturated carbocycles. The van der Waals surface area contributed by atoms with Crippen molar-refractivity contribution in [2.45, 2.75) is 18.9 Å². The number of aromatic nitrogens is 2. The molecule has 1 aliphatic heterocycles. The number of benzene rings is 1. The van der Waals surface area contributed by atoms with Gasteiger partial charge < -0.3 is 14.4 Å². The number of anilines is 1. The fourth-order valence-corrected chi connectivity index (χ4v) is 3.11. The Hall–Kier alpha value is -2.81. The van der Waals surface area contributed by atoms with E-state index in [9.17, 15) is 4.79 Å². The van der Waals surface area contributed by atoms with Crippen molar-refractivity contribution in [2.24, 2.45) is 7.05 Å². The maximum atomic E-state index is 12.5. The van der Waals surface area contributed by atoms with Crippen LogP contribution in [0.1, 0.15) is 17.7 Å². The van der Waals surface area contributed by atoms with Crippen molar-refractivity contribution in [3.8, 4) is 6.07 Å². The molecule has 1 aromatic heterocycles. The molecule has 6 nitrogen and oxygen atoms in total. The molecule has 3 rings (SSSR count). The van der Waals surface area contributed by atoms with Crippen LogP contribution in [0.2, 0.25) is 0 Å². The Morgan fingerprint density at radius 2 is 2.33 bits per heavy atom. The summed E-state index contributed by atoms with van der Waals surface area (Å²) in [4.78, 5) is 20.6. The maximum absolute atomic E-state index is 12.5. The number of nitriles is 1. The zero-order valence-electron chi connectivity index (χ0n) is 14.0. The Balaban J connectivity index is 1.63. The van der Waals surface area contributed by atoms with Gasteiger partial charge in [-0.1, -0.05) is 6.07 Å². The Morgan fingerprint density at radius 3 is 3.04 bits per heavy atom. The summed E-state index contributed by atoms with van der Waals surface area (Å²) in [6.45, 7) is 1.48. The third-order valence-electron chi connectivity index (χ3n) is 4.70. The van der Waals surface area contributed by atoms with E-state index in [-0.39, 0.29) is 11.9 Å². The number of likely N-dealkylation sites (N-methyl/N-ethyl adjacent to an activating group) is 1. The smallest absolute Gasteiger partial charge is 0.228 e. The van der Waals surface area contributed by atoms with Crippen molar-refractivity contribution >= 4 is 11.6 Å². The van der Waals surface area contributed by atoms with E-state index in [0.717, 1.165) is 24.3 Å². The largest absolute Gasteiger partial charge is 0.370 e. The fraction of sp³-hybridized carbons (Fsp3) is 0.389. The highest BCUT2D eigenvalue weighted by molar-refractivity contribution is 5.78. The van der Waals surface area contributed by atoms with Crippen molar-refractivity contribution in [3.05, 3.63) is 48.0 Å². The minimum Gasteiger partial charge on any atom is -0.370 e. The molecule has 0 spiro atoms. The van der Waals surface area contributed by atoms with Crippen LogP contribution < -0.4 is 4.90 Å². The maximum Gasteiger partial charge on any atom is 0.228 e. The van der Waals surface area contributed by atoms with E-state index >= 15 is 0 Å². The molecule has 1 fully saturated rings. The van der Waals surface area contributed by atoms with Gasteiger partial charge in [-0.25, -0.2) is 4.98 Å². The minimum absolute atomic E-state index is 0.139. The molecule has 0 aliphatic carbocycles. The second-order valence-corrected chi connectivity index (χ2v) is 6.23. The van der Waals surface area contributed by atoms with Crippen molar-refractivity contribution in [3.63, 3.8) is 0 Å². The zero-order chi connectivity index (χ0) is 17.1. The molecule has 6 heteroatoms. The lowest BCUT2D eigenvalue weighted by Gasteiger charge is -2.27. The van der Waals surface area contributed by atoms with Crippen molar-refractivity contribution in [2.75, 3.05) is 25.0 Å². The first kappa shape index (κ1) is 16.1. The number of nitrogens with zero attached hydrogens (tertiary/aromatic N) is 5. The average molecular weight is 323 g/mol. The SMILES string of the molecule is CN(c1cccc(C#N)c1)C1CCN(C(=O)Cc2cncn2C)C1. The van der Waals surface area contributed by atoms with Gasteiger partial charge in [0.15, 0.2) is 0 Å². The Labute approximate surface area is 141 Å². The molecule has 1 amide bonds. The van der Waals surface area contributed by atoms with Crippen LogP contribution in [0.15, 0.2) is 36.8 Å². The van der Waals surface area contributed by atoms with Gasteiger partial charge in [-0.05, 0) is 24.6 Å². The summed E-state index contributed by atoms with van der Waals surface area (Å²) in [5.74, 6) is 0.139. The van der Waals surface area contributed by atoms with Crippen molar-refractivity contribution < 1.29 is 4.79 Å². The fourth-order valence-electron chi connectivity index (χ4n) is 3.11. The van der Waals surface area contributed by atoms with Gasteiger partial charge >= 0.3 is 0 Å². The number of rotatable bonds is 4. The number of hydrogen-bond acceptors (Lipinski definition) is 4. The van der Waals surface area contributed by atoms with Gasteiger partial charge in [-0.2, -0.15) is 5.26 Å². The Kier molecular flexibility index (Phi) is 4.52. The van der Waals surface area contributed by atoms with Crippen LogP contribution in [0.5, 0.6) is 0 Å². The number of imidazole rings is 1. The van der Waals surface area contributed by atoms with Gasteiger partial charge in [0.2, 0.25) is 5.91 Å². The van der Waals surface area contributed by atoms with Crippen LogP contribution in [0, 0.1) is 11.3 Å². The first-order valence-corrected chi connectivity index (χ1v) is 8.04. The van der Waals surface area contributed by atoms with E-state index in [1.807, 2.05) is 41.8 Å². The summed E-state index contributed by atoms with van der Waals surface area (Å²) in [5.41, 5.74) is 2.60. The molecular formula is C18H21N5O. The van der Waals surface area contributed by atoms with E-state index < -0.39 is 0 Å². The highest BCUT2D eigenvalue weighted by Gasteiger charge is 2.29. The summed E-state index contributed by atoms with van der Waals surface area (Å²) in [5, 5.41) is 9.04. The van der Waals surface area contributed by atoms with Crippen molar-refractivity contribution in [1.82, 2.24) is 14.5 Å². The summed E-state index contributed by atoms with van der Waals surface area (Å²) in [6, 6.07) is 10.0. The normalized spacial score (nSPS) is 16.9. The van der Waals surface area contributed by atoms with Crippen LogP contribution in [0.3, 0.4) is 0 Å². The summed E-state index contributed by atoms with van der Waals surface area (Å²) < 4.78 is 1.88. The molecule has 0 N–H and O–H groups in total. The molecule has 0 bridgehead atoms. The molecule has 1 atom stereocenters. The Morgan fingerprint density at radius 1 is 1.50 bits per heavy atom. The van der Waals surface area contributed by atoms with Gasteiger partial charge in [0, 0.05) is 50.8 Å². The third-order valence-corrected chi connectivity index (χ3v) is 4.70. The quantitative estimate of drug-likeness (QED) is 0.857. The lowest BCUT2D eigenvalue weighted by molar-refractivity contribution is -0.129. The van der Waals surface area contributed by atoms with Crippen LogP contribution >= 0.6 is 0 Å². The van der Waals surface area contributed by atoms with Crippen molar-refractivity contribution in [1.29, 1.82) is 5.26 Å². The molecule has 0 radical (unpaired) electrons. The van der Waals surface area contributed by atoms with Gasteiger partial charge in [0.05, 0.1) is 24.4 Å². The van der Waals surface area contributed by atoms with E-state index in [0.29, 0.717) is 18.5 Å².